The van der Waals surface area contributed by atoms with E-state index in [0.29, 0.717) is 11.3 Å². The first kappa shape index (κ1) is 19.9. The molecule has 1 atom stereocenters. The Balaban J connectivity index is 2.79. The highest BCUT2D eigenvalue weighted by atomic mass is 32.2. The highest BCUT2D eigenvalue weighted by Crippen LogP contribution is 2.30. The Hall–Kier alpha value is -2.39. The molecule has 26 heavy (non-hydrogen) atoms. The number of aromatic nitrogens is 2. The lowest BCUT2D eigenvalue weighted by molar-refractivity contribution is 0.0524. The van der Waals surface area contributed by atoms with Crippen molar-refractivity contribution in [2.45, 2.75) is 26.7 Å². The molecule has 7 nitrogen and oxygen atoms in total. The van der Waals surface area contributed by atoms with Gasteiger partial charge in [0.1, 0.15) is 11.4 Å². The second kappa shape index (κ2) is 8.33. The molecule has 0 amide bonds. The van der Waals surface area contributed by atoms with E-state index >= 15 is 0 Å². The van der Waals surface area contributed by atoms with Crippen LogP contribution in [0.25, 0.3) is 11.3 Å². The first-order chi connectivity index (χ1) is 12.3. The van der Waals surface area contributed by atoms with Gasteiger partial charge in [-0.2, -0.15) is 0 Å². The summed E-state index contributed by atoms with van der Waals surface area (Å²) in [5.74, 6) is -1.24. The Kier molecular flexibility index (Phi) is 6.38. The summed E-state index contributed by atoms with van der Waals surface area (Å²) in [5.41, 5.74) is 1.23. The van der Waals surface area contributed by atoms with E-state index in [9.17, 15) is 17.9 Å². The average Bonchev–Trinajstić information content (AvgIpc) is 2.60. The molecule has 2 aromatic rings. The van der Waals surface area contributed by atoms with Crippen LogP contribution in [0, 0.1) is 5.82 Å². The maximum atomic E-state index is 13.3. The Bertz CT molecular complexity index is 828. The zero-order valence-corrected chi connectivity index (χ0v) is 15.7. The molecule has 0 saturated heterocycles. The Labute approximate surface area is 153 Å². The van der Waals surface area contributed by atoms with Crippen LogP contribution < -0.4 is 4.31 Å². The van der Waals surface area contributed by atoms with Crippen molar-refractivity contribution in [2.75, 3.05) is 18.0 Å². The molecular weight excluding hydrogens is 361 g/mol. The summed E-state index contributed by atoms with van der Waals surface area (Å²) in [5, 5.41) is 0. The third kappa shape index (κ3) is 4.23. The molecule has 1 aromatic carbocycles. The van der Waals surface area contributed by atoms with Crippen molar-refractivity contribution in [3.63, 3.8) is 0 Å². The molecule has 2 rings (SSSR count). The Morgan fingerprint density at radius 2 is 1.92 bits per heavy atom. The average molecular weight is 381 g/mol. The fourth-order valence-corrected chi connectivity index (χ4v) is 2.54. The summed E-state index contributed by atoms with van der Waals surface area (Å²) >= 11 is -2.34. The van der Waals surface area contributed by atoms with Crippen molar-refractivity contribution in [3.8, 4) is 11.3 Å². The number of benzene rings is 1. The number of halogens is 1. The van der Waals surface area contributed by atoms with Crippen molar-refractivity contribution >= 4 is 23.2 Å². The summed E-state index contributed by atoms with van der Waals surface area (Å²) in [4.78, 5) is 21.1. The number of carbonyl (C=O) groups is 1. The molecule has 0 aliphatic rings. The van der Waals surface area contributed by atoms with Gasteiger partial charge in [0.05, 0.1) is 18.0 Å². The predicted molar refractivity (Wildman–Crippen MR) is 96.6 cm³/mol. The predicted octanol–water partition coefficient (Wildman–Crippen LogP) is 3.16. The second-order valence-corrected chi connectivity index (χ2v) is 6.75. The van der Waals surface area contributed by atoms with Gasteiger partial charge < -0.3 is 4.74 Å². The fraction of sp³-hybridized carbons (Fsp3) is 0.353. The number of ether oxygens (including phenoxy) is 1. The van der Waals surface area contributed by atoms with Gasteiger partial charge in [-0.25, -0.2) is 27.7 Å². The van der Waals surface area contributed by atoms with Crippen LogP contribution in [0.2, 0.25) is 0 Å². The van der Waals surface area contributed by atoms with Crippen molar-refractivity contribution in [1.82, 2.24) is 9.97 Å². The van der Waals surface area contributed by atoms with Crippen molar-refractivity contribution in [2.24, 2.45) is 0 Å². The van der Waals surface area contributed by atoms with E-state index in [1.165, 1.54) is 31.3 Å². The maximum absolute atomic E-state index is 13.3. The van der Waals surface area contributed by atoms with Crippen LogP contribution in [0.3, 0.4) is 0 Å². The number of esters is 1. The zero-order chi connectivity index (χ0) is 19.4. The normalized spacial score (nSPS) is 12.1. The number of hydrogen-bond donors (Lipinski definition) is 1. The number of carbonyl (C=O) groups excluding carboxylic acids is 1. The molecule has 0 saturated carbocycles. The third-order valence-electron chi connectivity index (χ3n) is 3.59. The lowest BCUT2D eigenvalue weighted by atomic mass is 9.98. The minimum absolute atomic E-state index is 0.0260. The van der Waals surface area contributed by atoms with Crippen molar-refractivity contribution < 1.29 is 22.7 Å². The quantitative estimate of drug-likeness (QED) is 0.610. The molecule has 1 aromatic heterocycles. The second-order valence-electron chi connectivity index (χ2n) is 5.74. The Morgan fingerprint density at radius 1 is 1.31 bits per heavy atom. The summed E-state index contributed by atoms with van der Waals surface area (Å²) in [6.07, 6.45) is 0. The molecular formula is C17H20FN3O4S. The van der Waals surface area contributed by atoms with Gasteiger partial charge in [-0.05, 0) is 37.1 Å². The lowest BCUT2D eigenvalue weighted by Crippen LogP contribution is -2.24. The van der Waals surface area contributed by atoms with Gasteiger partial charge in [-0.1, -0.05) is 13.8 Å². The summed E-state index contributed by atoms with van der Waals surface area (Å²) < 4.78 is 40.2. The first-order valence-electron chi connectivity index (χ1n) is 7.95. The minimum Gasteiger partial charge on any atom is -0.462 e. The summed E-state index contributed by atoms with van der Waals surface area (Å²) in [7, 11) is 1.36. The van der Waals surface area contributed by atoms with E-state index in [4.69, 9.17) is 4.74 Å². The molecule has 0 aliphatic heterocycles. The van der Waals surface area contributed by atoms with Gasteiger partial charge in [-0.15, -0.1) is 0 Å². The number of nitrogens with zero attached hydrogens (tertiary/aromatic N) is 3. The number of anilines is 1. The van der Waals surface area contributed by atoms with Crippen LogP contribution in [0.4, 0.5) is 10.3 Å². The van der Waals surface area contributed by atoms with Gasteiger partial charge in [0, 0.05) is 12.6 Å². The fourth-order valence-electron chi connectivity index (χ4n) is 2.32. The minimum atomic E-state index is -2.34. The standard InChI is InChI=1S/C17H20FN3O4S/c1-5-25-16(22)13-14(10(2)3)19-17(21(4)26(23)24)20-15(13)11-6-8-12(18)9-7-11/h6-10H,5H2,1-4H3,(H,23,24). The van der Waals surface area contributed by atoms with E-state index in [0.717, 1.165) is 4.31 Å². The molecule has 1 N–H and O–H groups in total. The molecule has 0 aliphatic carbocycles. The van der Waals surface area contributed by atoms with Gasteiger partial charge >= 0.3 is 5.97 Å². The van der Waals surface area contributed by atoms with Gasteiger partial charge in [0.15, 0.2) is 0 Å². The number of rotatable bonds is 6. The third-order valence-corrected chi connectivity index (χ3v) is 4.22. The molecule has 140 valence electrons. The Morgan fingerprint density at radius 3 is 2.42 bits per heavy atom. The van der Waals surface area contributed by atoms with Gasteiger partial charge in [-0.3, -0.25) is 4.55 Å². The van der Waals surface area contributed by atoms with E-state index in [-0.39, 0.29) is 29.7 Å². The van der Waals surface area contributed by atoms with Gasteiger partial charge in [0.2, 0.25) is 5.95 Å². The van der Waals surface area contributed by atoms with Crippen LogP contribution in [0.15, 0.2) is 24.3 Å². The monoisotopic (exact) mass is 381 g/mol. The van der Waals surface area contributed by atoms with Crippen LogP contribution in [-0.4, -0.2) is 38.4 Å². The topological polar surface area (TPSA) is 92.6 Å². The summed E-state index contributed by atoms with van der Waals surface area (Å²) in [6.45, 7) is 5.52. The molecule has 0 spiro atoms. The van der Waals surface area contributed by atoms with Gasteiger partial charge in [0.25, 0.3) is 11.3 Å². The smallest absolute Gasteiger partial charge is 0.342 e. The molecule has 0 bridgehead atoms. The molecule has 1 heterocycles. The SMILES string of the molecule is CCOC(=O)c1c(-c2ccc(F)cc2)nc(N(C)S(=O)O)nc1C(C)C. The molecule has 0 radical (unpaired) electrons. The van der Waals surface area contributed by atoms with Crippen LogP contribution in [-0.2, 0) is 16.0 Å². The summed E-state index contributed by atoms with van der Waals surface area (Å²) in [6, 6.07) is 5.44. The highest BCUT2D eigenvalue weighted by Gasteiger charge is 2.26. The molecule has 1 unspecified atom stereocenters. The first-order valence-corrected chi connectivity index (χ1v) is 9.02. The zero-order valence-electron chi connectivity index (χ0n) is 14.9. The van der Waals surface area contributed by atoms with E-state index < -0.39 is 23.1 Å². The van der Waals surface area contributed by atoms with Crippen molar-refractivity contribution in [1.29, 1.82) is 0 Å². The van der Waals surface area contributed by atoms with Crippen LogP contribution in [0.5, 0.6) is 0 Å². The molecule has 0 fully saturated rings. The molecule has 9 heteroatoms. The van der Waals surface area contributed by atoms with Crippen LogP contribution in [0.1, 0.15) is 42.7 Å². The largest absolute Gasteiger partial charge is 0.462 e. The van der Waals surface area contributed by atoms with Crippen LogP contribution >= 0.6 is 0 Å². The van der Waals surface area contributed by atoms with E-state index in [2.05, 4.69) is 9.97 Å². The number of hydrogen-bond acceptors (Lipinski definition) is 5. The maximum Gasteiger partial charge on any atom is 0.342 e. The van der Waals surface area contributed by atoms with E-state index in [1.54, 1.807) is 6.92 Å². The van der Waals surface area contributed by atoms with Crippen molar-refractivity contribution in [3.05, 3.63) is 41.3 Å². The van der Waals surface area contributed by atoms with E-state index in [1.807, 2.05) is 13.8 Å². The lowest BCUT2D eigenvalue weighted by Gasteiger charge is -2.19. The highest BCUT2D eigenvalue weighted by molar-refractivity contribution is 7.80.